The van der Waals surface area contributed by atoms with Crippen molar-refractivity contribution in [3.05, 3.63) is 0 Å². The van der Waals surface area contributed by atoms with E-state index in [-0.39, 0.29) is 17.6 Å². The topological polar surface area (TPSA) is 61.4 Å². The molecule has 0 aromatic rings. The van der Waals surface area contributed by atoms with E-state index in [0.29, 0.717) is 30.7 Å². The van der Waals surface area contributed by atoms with E-state index < -0.39 is 0 Å². The Morgan fingerprint density at radius 2 is 2.14 bits per heavy atom. The third-order valence-corrected chi connectivity index (χ3v) is 6.24. The maximum atomic E-state index is 12.4. The predicted molar refractivity (Wildman–Crippen MR) is 85.4 cm³/mol. The number of nitrogens with zero attached hydrogens (tertiary/aromatic N) is 1. The van der Waals surface area contributed by atoms with Crippen LogP contribution in [-0.4, -0.2) is 41.5 Å². The fourth-order valence-electron chi connectivity index (χ4n) is 5.27. The minimum absolute atomic E-state index is 0.0525. The van der Waals surface area contributed by atoms with Gasteiger partial charge in [0.05, 0.1) is 0 Å². The molecule has 4 atom stereocenters. The van der Waals surface area contributed by atoms with Crippen LogP contribution in [0, 0.1) is 11.8 Å². The van der Waals surface area contributed by atoms with E-state index in [0.717, 1.165) is 45.1 Å². The van der Waals surface area contributed by atoms with Crippen LogP contribution in [0.15, 0.2) is 0 Å². The molecular weight excluding hydrogens is 278 g/mol. The first kappa shape index (κ1) is 15.6. The van der Waals surface area contributed by atoms with Gasteiger partial charge >= 0.3 is 6.03 Å². The summed E-state index contributed by atoms with van der Waals surface area (Å²) in [6.45, 7) is 5.81. The first-order valence-corrected chi connectivity index (χ1v) is 8.93. The number of urea groups is 1. The van der Waals surface area contributed by atoms with Gasteiger partial charge in [-0.1, -0.05) is 6.92 Å². The van der Waals surface area contributed by atoms with Gasteiger partial charge in [-0.2, -0.15) is 0 Å². The van der Waals surface area contributed by atoms with Gasteiger partial charge in [0.1, 0.15) is 0 Å². The van der Waals surface area contributed by atoms with Gasteiger partial charge in [0, 0.05) is 31.1 Å². The summed E-state index contributed by atoms with van der Waals surface area (Å²) in [6.07, 6.45) is 7.16. The predicted octanol–water partition coefficient (Wildman–Crippen LogP) is 2.27. The average molecular weight is 307 g/mol. The van der Waals surface area contributed by atoms with Gasteiger partial charge in [0.15, 0.2) is 0 Å². The van der Waals surface area contributed by atoms with Gasteiger partial charge in [-0.25, -0.2) is 4.79 Å². The first-order chi connectivity index (χ1) is 10.6. The van der Waals surface area contributed by atoms with E-state index in [9.17, 15) is 9.59 Å². The van der Waals surface area contributed by atoms with Crippen molar-refractivity contribution in [1.82, 2.24) is 15.5 Å². The van der Waals surface area contributed by atoms with Gasteiger partial charge in [-0.3, -0.25) is 4.79 Å². The monoisotopic (exact) mass is 307 g/mol. The van der Waals surface area contributed by atoms with Crippen LogP contribution in [0.4, 0.5) is 4.79 Å². The number of rotatable bonds is 2. The van der Waals surface area contributed by atoms with Crippen LogP contribution in [0.5, 0.6) is 0 Å². The number of amides is 3. The lowest BCUT2D eigenvalue weighted by Crippen LogP contribution is -2.60. The molecule has 2 heterocycles. The molecule has 2 N–H and O–H groups in total. The van der Waals surface area contributed by atoms with Crippen molar-refractivity contribution in [2.24, 2.45) is 11.8 Å². The quantitative estimate of drug-likeness (QED) is 0.822. The van der Waals surface area contributed by atoms with Crippen molar-refractivity contribution >= 4 is 11.9 Å². The molecule has 0 radical (unpaired) electrons. The summed E-state index contributed by atoms with van der Waals surface area (Å²) in [5.41, 5.74) is 0.0897. The van der Waals surface area contributed by atoms with E-state index in [2.05, 4.69) is 22.5 Å². The van der Waals surface area contributed by atoms with Crippen molar-refractivity contribution in [2.45, 2.75) is 70.4 Å². The van der Waals surface area contributed by atoms with Crippen molar-refractivity contribution in [1.29, 1.82) is 0 Å². The van der Waals surface area contributed by atoms with E-state index in [1.54, 1.807) is 0 Å². The minimum Gasteiger partial charge on any atom is -0.338 e. The normalized spacial score (nSPS) is 38.0. The fourth-order valence-corrected chi connectivity index (χ4v) is 5.27. The highest BCUT2D eigenvalue weighted by Crippen LogP contribution is 2.51. The molecule has 0 aromatic heterocycles. The Balaban J connectivity index is 1.78. The molecule has 124 valence electrons. The Hall–Kier alpha value is -1.26. The molecule has 5 nitrogen and oxygen atoms in total. The Morgan fingerprint density at radius 1 is 1.32 bits per heavy atom. The zero-order valence-corrected chi connectivity index (χ0v) is 13.9. The summed E-state index contributed by atoms with van der Waals surface area (Å²) in [4.78, 5) is 26.5. The Labute approximate surface area is 133 Å². The summed E-state index contributed by atoms with van der Waals surface area (Å²) in [5, 5.41) is 5.99. The van der Waals surface area contributed by atoms with Crippen LogP contribution in [0.1, 0.15) is 58.8 Å². The molecule has 3 amide bonds. The average Bonchev–Trinajstić information content (AvgIpc) is 2.85. The lowest BCUT2D eigenvalue weighted by Gasteiger charge is -2.52. The number of carbonyl (C=O) groups excluding carboxylic acids is 2. The lowest BCUT2D eigenvalue weighted by atomic mass is 9.63. The summed E-state index contributed by atoms with van der Waals surface area (Å²) in [6, 6.07) is 0.182. The van der Waals surface area contributed by atoms with Crippen molar-refractivity contribution in [3.8, 4) is 0 Å². The highest BCUT2D eigenvalue weighted by molar-refractivity contribution is 5.78. The maximum absolute atomic E-state index is 12.4. The first-order valence-electron chi connectivity index (χ1n) is 8.93. The van der Waals surface area contributed by atoms with Gasteiger partial charge < -0.3 is 15.5 Å². The molecule has 1 spiro atoms. The number of nitrogens with one attached hydrogen (secondary N) is 2. The van der Waals surface area contributed by atoms with Gasteiger partial charge in [-0.05, 0) is 57.3 Å². The van der Waals surface area contributed by atoms with Crippen LogP contribution in [0.25, 0.3) is 0 Å². The molecule has 0 unspecified atom stereocenters. The molecule has 0 aromatic carbocycles. The van der Waals surface area contributed by atoms with Crippen molar-refractivity contribution in [3.63, 3.8) is 0 Å². The Kier molecular flexibility index (Phi) is 4.33. The third kappa shape index (κ3) is 2.48. The van der Waals surface area contributed by atoms with E-state index in [1.807, 2.05) is 6.92 Å². The fraction of sp³-hybridized carbons (Fsp3) is 0.882. The minimum atomic E-state index is -0.0525. The third-order valence-electron chi connectivity index (χ3n) is 6.24. The Morgan fingerprint density at radius 3 is 2.91 bits per heavy atom. The Bertz CT molecular complexity index is 453. The standard InChI is InChI=1S/C17H29N3O2/c1-3-18-16(22)19-14-8-10-17-9-5-11-20(17)15(21)7-4-6-13(17)12(14)2/h12-14H,3-11H2,1-2H3,(H2,18,19,22)/t12-,13+,14+,17-/m1/s1. The molecule has 1 saturated carbocycles. The van der Waals surface area contributed by atoms with Gasteiger partial charge in [0.2, 0.25) is 5.91 Å². The smallest absolute Gasteiger partial charge is 0.315 e. The van der Waals surface area contributed by atoms with Gasteiger partial charge in [0.25, 0.3) is 0 Å². The zero-order valence-electron chi connectivity index (χ0n) is 13.9. The molecule has 22 heavy (non-hydrogen) atoms. The molecule has 0 bridgehead atoms. The summed E-state index contributed by atoms with van der Waals surface area (Å²) >= 11 is 0. The molecule has 1 aliphatic carbocycles. The molecule has 3 aliphatic rings. The van der Waals surface area contributed by atoms with Crippen molar-refractivity contribution in [2.75, 3.05) is 13.1 Å². The number of carbonyl (C=O) groups is 2. The zero-order chi connectivity index (χ0) is 15.7. The highest BCUT2D eigenvalue weighted by atomic mass is 16.2. The van der Waals surface area contributed by atoms with Crippen molar-refractivity contribution < 1.29 is 9.59 Å². The molecule has 3 rings (SSSR count). The summed E-state index contributed by atoms with van der Waals surface area (Å²) < 4.78 is 0. The summed E-state index contributed by atoms with van der Waals surface area (Å²) in [5.74, 6) is 1.33. The number of hydrogen-bond acceptors (Lipinski definition) is 2. The lowest BCUT2D eigenvalue weighted by molar-refractivity contribution is -0.138. The van der Waals surface area contributed by atoms with E-state index in [1.165, 1.54) is 0 Å². The van der Waals surface area contributed by atoms with E-state index >= 15 is 0 Å². The second-order valence-electron chi connectivity index (χ2n) is 7.26. The molecule has 2 aliphatic heterocycles. The molecular formula is C17H29N3O2. The van der Waals surface area contributed by atoms with Crippen LogP contribution in [-0.2, 0) is 4.79 Å². The summed E-state index contributed by atoms with van der Waals surface area (Å²) in [7, 11) is 0. The SMILES string of the molecule is CCNC(=O)N[C@H]1CC[C@@]23CCCN2C(=O)CCC[C@H]3[C@H]1C. The van der Waals surface area contributed by atoms with Crippen LogP contribution < -0.4 is 10.6 Å². The van der Waals surface area contributed by atoms with Crippen LogP contribution >= 0.6 is 0 Å². The van der Waals surface area contributed by atoms with E-state index in [4.69, 9.17) is 0 Å². The van der Waals surface area contributed by atoms with Gasteiger partial charge in [-0.15, -0.1) is 0 Å². The second-order valence-corrected chi connectivity index (χ2v) is 7.26. The second kappa shape index (κ2) is 6.09. The molecule has 5 heteroatoms. The number of hydrogen-bond donors (Lipinski definition) is 2. The highest BCUT2D eigenvalue weighted by Gasteiger charge is 2.55. The largest absolute Gasteiger partial charge is 0.338 e. The van der Waals surface area contributed by atoms with Crippen LogP contribution in [0.3, 0.4) is 0 Å². The molecule has 3 fully saturated rings. The maximum Gasteiger partial charge on any atom is 0.315 e. The van der Waals surface area contributed by atoms with Crippen LogP contribution in [0.2, 0.25) is 0 Å². The molecule has 2 saturated heterocycles.